The Hall–Kier alpha value is -2.35. The molecule has 0 bridgehead atoms. The third kappa shape index (κ3) is 3.76. The second kappa shape index (κ2) is 7.04. The van der Waals surface area contributed by atoms with Crippen LogP contribution in [-0.4, -0.2) is 29.9 Å². The zero-order valence-electron chi connectivity index (χ0n) is 13.9. The lowest BCUT2D eigenvalue weighted by atomic mass is 9.97. The Morgan fingerprint density at radius 1 is 1.21 bits per heavy atom. The van der Waals surface area contributed by atoms with Gasteiger partial charge in [0.2, 0.25) is 5.91 Å². The first-order chi connectivity index (χ1) is 11.6. The summed E-state index contributed by atoms with van der Waals surface area (Å²) in [5, 5.41) is 8.83. The third-order valence-corrected chi connectivity index (χ3v) is 4.80. The number of piperidine rings is 1. The van der Waals surface area contributed by atoms with Crippen molar-refractivity contribution in [2.24, 2.45) is 11.8 Å². The monoisotopic (exact) mass is 326 g/mol. The molecule has 0 N–H and O–H groups in total. The molecule has 3 rings (SSSR count). The number of nitriles is 1. The Morgan fingerprint density at radius 3 is 2.54 bits per heavy atom. The van der Waals surface area contributed by atoms with Crippen molar-refractivity contribution in [3.05, 3.63) is 35.4 Å². The van der Waals surface area contributed by atoms with Crippen molar-refractivity contribution >= 4 is 11.9 Å². The molecule has 1 saturated carbocycles. The van der Waals surface area contributed by atoms with E-state index in [0.29, 0.717) is 12.1 Å². The Balaban J connectivity index is 1.56. The normalized spacial score (nSPS) is 21.7. The fourth-order valence-corrected chi connectivity index (χ4v) is 3.13. The number of esters is 1. The van der Waals surface area contributed by atoms with E-state index < -0.39 is 0 Å². The standard InChI is InChI=1S/C19H22N2O3/c1-13(15-6-4-14(11-20)5-7-15)24-19(23)17-3-2-10-21(12-17)18(22)16-8-9-16/h4-7,13,16-17H,2-3,8-10,12H2,1H3. The summed E-state index contributed by atoms with van der Waals surface area (Å²) in [6.07, 6.45) is 3.23. The van der Waals surface area contributed by atoms with Crippen molar-refractivity contribution in [2.75, 3.05) is 13.1 Å². The van der Waals surface area contributed by atoms with E-state index in [2.05, 4.69) is 6.07 Å². The summed E-state index contributed by atoms with van der Waals surface area (Å²) in [5.41, 5.74) is 1.45. The van der Waals surface area contributed by atoms with E-state index in [9.17, 15) is 9.59 Å². The van der Waals surface area contributed by atoms with Crippen LogP contribution in [0.3, 0.4) is 0 Å². The first-order valence-corrected chi connectivity index (χ1v) is 8.58. The van der Waals surface area contributed by atoms with Gasteiger partial charge in [-0.25, -0.2) is 0 Å². The van der Waals surface area contributed by atoms with Gasteiger partial charge >= 0.3 is 5.97 Å². The summed E-state index contributed by atoms with van der Waals surface area (Å²) >= 11 is 0. The highest BCUT2D eigenvalue weighted by atomic mass is 16.5. The maximum atomic E-state index is 12.4. The van der Waals surface area contributed by atoms with Crippen LogP contribution in [0.1, 0.15) is 49.8 Å². The van der Waals surface area contributed by atoms with Crippen LogP contribution in [0, 0.1) is 23.2 Å². The number of ether oxygens (including phenoxy) is 1. The molecule has 1 aromatic carbocycles. The van der Waals surface area contributed by atoms with E-state index in [1.54, 1.807) is 24.3 Å². The topological polar surface area (TPSA) is 70.4 Å². The quantitative estimate of drug-likeness (QED) is 0.798. The van der Waals surface area contributed by atoms with Gasteiger partial charge in [0.1, 0.15) is 6.10 Å². The Bertz CT molecular complexity index is 658. The zero-order valence-corrected chi connectivity index (χ0v) is 13.9. The summed E-state index contributed by atoms with van der Waals surface area (Å²) in [6.45, 7) is 3.06. The molecule has 1 aliphatic heterocycles. The molecule has 0 radical (unpaired) electrons. The van der Waals surface area contributed by atoms with Gasteiger partial charge < -0.3 is 9.64 Å². The van der Waals surface area contributed by atoms with Crippen LogP contribution in [0.4, 0.5) is 0 Å². The van der Waals surface area contributed by atoms with Gasteiger partial charge in [0.25, 0.3) is 0 Å². The molecular weight excluding hydrogens is 304 g/mol. The number of hydrogen-bond donors (Lipinski definition) is 0. The van der Waals surface area contributed by atoms with E-state index in [1.807, 2.05) is 11.8 Å². The minimum absolute atomic E-state index is 0.192. The van der Waals surface area contributed by atoms with Crippen LogP contribution >= 0.6 is 0 Å². The molecule has 2 fully saturated rings. The van der Waals surface area contributed by atoms with Gasteiger partial charge in [-0.1, -0.05) is 12.1 Å². The van der Waals surface area contributed by atoms with E-state index >= 15 is 0 Å². The summed E-state index contributed by atoms with van der Waals surface area (Å²) in [7, 11) is 0. The molecule has 0 aromatic heterocycles. The summed E-state index contributed by atoms with van der Waals surface area (Å²) < 4.78 is 5.59. The third-order valence-electron chi connectivity index (χ3n) is 4.80. The minimum Gasteiger partial charge on any atom is -0.458 e. The second-order valence-electron chi connectivity index (χ2n) is 6.71. The van der Waals surface area contributed by atoms with Gasteiger partial charge in [-0.15, -0.1) is 0 Å². The maximum absolute atomic E-state index is 12.4. The Morgan fingerprint density at radius 2 is 1.92 bits per heavy atom. The van der Waals surface area contributed by atoms with Crippen LogP contribution in [0.2, 0.25) is 0 Å². The number of carbonyl (C=O) groups excluding carboxylic acids is 2. The molecule has 2 unspecified atom stereocenters. The van der Waals surface area contributed by atoms with Gasteiger partial charge in [0.05, 0.1) is 17.6 Å². The number of likely N-dealkylation sites (tertiary alicyclic amines) is 1. The molecule has 1 aromatic rings. The van der Waals surface area contributed by atoms with Crippen LogP contribution in [0.5, 0.6) is 0 Å². The van der Waals surface area contributed by atoms with E-state index in [0.717, 1.165) is 37.8 Å². The predicted octanol–water partition coefficient (Wildman–Crippen LogP) is 2.81. The zero-order chi connectivity index (χ0) is 17.1. The first-order valence-electron chi connectivity index (χ1n) is 8.58. The van der Waals surface area contributed by atoms with Crippen LogP contribution < -0.4 is 0 Å². The van der Waals surface area contributed by atoms with Crippen LogP contribution in [0.25, 0.3) is 0 Å². The number of rotatable bonds is 4. The lowest BCUT2D eigenvalue weighted by Crippen LogP contribution is -2.43. The molecular formula is C19H22N2O3. The number of benzene rings is 1. The van der Waals surface area contributed by atoms with Gasteiger partial charge in [-0.3, -0.25) is 9.59 Å². The fourth-order valence-electron chi connectivity index (χ4n) is 3.13. The molecule has 1 aliphatic carbocycles. The molecule has 1 amide bonds. The molecule has 126 valence electrons. The Kier molecular flexibility index (Phi) is 4.84. The van der Waals surface area contributed by atoms with Crippen molar-refractivity contribution in [3.63, 3.8) is 0 Å². The molecule has 1 heterocycles. The van der Waals surface area contributed by atoms with E-state index in [4.69, 9.17) is 10.00 Å². The molecule has 2 aliphatic rings. The van der Waals surface area contributed by atoms with Crippen molar-refractivity contribution in [1.82, 2.24) is 4.90 Å². The first kappa shape index (κ1) is 16.5. The van der Waals surface area contributed by atoms with Crippen LogP contribution in [0.15, 0.2) is 24.3 Å². The molecule has 1 saturated heterocycles. The largest absolute Gasteiger partial charge is 0.458 e. The van der Waals surface area contributed by atoms with Crippen molar-refractivity contribution in [2.45, 2.75) is 38.7 Å². The predicted molar refractivity (Wildman–Crippen MR) is 87.7 cm³/mol. The second-order valence-corrected chi connectivity index (χ2v) is 6.71. The van der Waals surface area contributed by atoms with Crippen molar-refractivity contribution in [3.8, 4) is 6.07 Å². The summed E-state index contributed by atoms with van der Waals surface area (Å²) in [4.78, 5) is 26.5. The number of hydrogen-bond acceptors (Lipinski definition) is 4. The summed E-state index contributed by atoms with van der Waals surface area (Å²) in [6, 6.07) is 9.12. The number of amides is 1. The van der Waals surface area contributed by atoms with Crippen LogP contribution in [-0.2, 0) is 14.3 Å². The van der Waals surface area contributed by atoms with Gasteiger partial charge in [-0.2, -0.15) is 5.26 Å². The van der Waals surface area contributed by atoms with Gasteiger partial charge in [0, 0.05) is 19.0 Å². The smallest absolute Gasteiger partial charge is 0.311 e. The molecule has 2 atom stereocenters. The Labute approximate surface area is 142 Å². The fraction of sp³-hybridized carbons (Fsp3) is 0.526. The lowest BCUT2D eigenvalue weighted by Gasteiger charge is -2.32. The SMILES string of the molecule is CC(OC(=O)C1CCCN(C(=O)C2CC2)C1)c1ccc(C#N)cc1. The number of nitrogens with zero attached hydrogens (tertiary/aromatic N) is 2. The average Bonchev–Trinajstić information content (AvgIpc) is 3.46. The van der Waals surface area contributed by atoms with E-state index in [-0.39, 0.29) is 29.8 Å². The van der Waals surface area contributed by atoms with Gasteiger partial charge in [-0.05, 0) is 50.3 Å². The lowest BCUT2D eigenvalue weighted by molar-refractivity contribution is -0.156. The minimum atomic E-state index is -0.361. The molecule has 5 heteroatoms. The van der Waals surface area contributed by atoms with Crippen molar-refractivity contribution < 1.29 is 14.3 Å². The molecule has 5 nitrogen and oxygen atoms in total. The molecule has 24 heavy (non-hydrogen) atoms. The van der Waals surface area contributed by atoms with Crippen molar-refractivity contribution in [1.29, 1.82) is 5.26 Å². The van der Waals surface area contributed by atoms with E-state index in [1.165, 1.54) is 0 Å². The highest BCUT2D eigenvalue weighted by Gasteiger charge is 2.37. The average molecular weight is 326 g/mol. The number of carbonyl (C=O) groups is 2. The molecule has 0 spiro atoms. The highest BCUT2D eigenvalue weighted by Crippen LogP contribution is 2.33. The summed E-state index contributed by atoms with van der Waals surface area (Å²) in [5.74, 6) is -0.0765. The highest BCUT2D eigenvalue weighted by molar-refractivity contribution is 5.82. The van der Waals surface area contributed by atoms with Gasteiger partial charge in [0.15, 0.2) is 0 Å². The maximum Gasteiger partial charge on any atom is 0.311 e.